The highest BCUT2D eigenvalue weighted by molar-refractivity contribution is 7.91. The van der Waals surface area contributed by atoms with Crippen LogP contribution in [0.25, 0.3) is 0 Å². The van der Waals surface area contributed by atoms with Gasteiger partial charge in [-0.1, -0.05) is 20.3 Å². The van der Waals surface area contributed by atoms with Crippen LogP contribution in [0.5, 0.6) is 0 Å². The fraction of sp³-hybridized carbons (Fsp3) is 0.929. The smallest absolute Gasteiger partial charge is 0.317 e. The summed E-state index contributed by atoms with van der Waals surface area (Å²) in [7, 11) is -3.06. The number of hydrogen-bond donors (Lipinski definition) is 1. The van der Waals surface area contributed by atoms with Crippen LogP contribution in [-0.4, -0.2) is 49.5 Å². The first-order valence-electron chi connectivity index (χ1n) is 7.52. The highest BCUT2D eigenvalue weighted by Crippen LogP contribution is 2.20. The molecular formula is C14H28N2O3S. The maximum atomic E-state index is 12.3. The second kappa shape index (κ2) is 7.29. The van der Waals surface area contributed by atoms with Crippen LogP contribution in [0.2, 0.25) is 0 Å². The molecule has 0 aromatic rings. The standard InChI is InChI=1S/C14H28N2O3S/c1-5-20(18,19)10-12(3)15-14(17)16-9-11(2)7-6-8-13(16)4/h11-13H,5-10H2,1-4H3,(H,15,17). The molecule has 0 bridgehead atoms. The van der Waals surface area contributed by atoms with Gasteiger partial charge in [-0.2, -0.15) is 0 Å². The van der Waals surface area contributed by atoms with Crippen molar-refractivity contribution in [2.75, 3.05) is 18.1 Å². The van der Waals surface area contributed by atoms with Crippen LogP contribution < -0.4 is 5.32 Å². The van der Waals surface area contributed by atoms with Gasteiger partial charge in [-0.25, -0.2) is 13.2 Å². The molecule has 0 spiro atoms. The molecule has 0 radical (unpaired) electrons. The largest absolute Gasteiger partial charge is 0.335 e. The molecule has 6 heteroatoms. The molecule has 5 nitrogen and oxygen atoms in total. The molecule has 2 amide bonds. The molecule has 1 fully saturated rings. The van der Waals surface area contributed by atoms with Crippen LogP contribution in [0.15, 0.2) is 0 Å². The lowest BCUT2D eigenvalue weighted by atomic mass is 10.1. The second-order valence-electron chi connectivity index (χ2n) is 6.09. The van der Waals surface area contributed by atoms with Gasteiger partial charge in [0, 0.05) is 24.4 Å². The van der Waals surface area contributed by atoms with Crippen molar-refractivity contribution in [2.24, 2.45) is 5.92 Å². The topological polar surface area (TPSA) is 66.5 Å². The van der Waals surface area contributed by atoms with E-state index in [0.29, 0.717) is 5.92 Å². The Morgan fingerprint density at radius 2 is 2.00 bits per heavy atom. The van der Waals surface area contributed by atoms with Gasteiger partial charge in [0.05, 0.1) is 5.75 Å². The Hall–Kier alpha value is -0.780. The molecule has 1 heterocycles. The van der Waals surface area contributed by atoms with Crippen LogP contribution >= 0.6 is 0 Å². The third kappa shape index (κ3) is 5.31. The summed E-state index contributed by atoms with van der Waals surface area (Å²) in [5.74, 6) is 0.623. The van der Waals surface area contributed by atoms with Crippen LogP contribution in [0, 0.1) is 5.92 Å². The quantitative estimate of drug-likeness (QED) is 0.864. The zero-order valence-corrected chi connectivity index (χ0v) is 13.9. The van der Waals surface area contributed by atoms with E-state index < -0.39 is 9.84 Å². The van der Waals surface area contributed by atoms with Crippen LogP contribution in [0.4, 0.5) is 4.79 Å². The van der Waals surface area contributed by atoms with Gasteiger partial charge in [0.2, 0.25) is 0 Å². The summed E-state index contributed by atoms with van der Waals surface area (Å²) >= 11 is 0. The van der Waals surface area contributed by atoms with E-state index in [4.69, 9.17) is 0 Å². The number of nitrogens with zero attached hydrogens (tertiary/aromatic N) is 1. The molecule has 1 aliphatic rings. The normalized spacial score (nSPS) is 25.9. The fourth-order valence-corrected chi connectivity index (χ4v) is 3.72. The average molecular weight is 304 g/mol. The molecule has 0 aromatic carbocycles. The van der Waals surface area contributed by atoms with Gasteiger partial charge < -0.3 is 10.2 Å². The van der Waals surface area contributed by atoms with Crippen molar-refractivity contribution < 1.29 is 13.2 Å². The highest BCUT2D eigenvalue weighted by Gasteiger charge is 2.26. The SMILES string of the molecule is CCS(=O)(=O)CC(C)NC(=O)N1CC(C)CCCC1C. The number of carbonyl (C=O) groups is 1. The van der Waals surface area contributed by atoms with Crippen LogP contribution in [0.1, 0.15) is 47.0 Å². The van der Waals surface area contributed by atoms with Crippen molar-refractivity contribution >= 4 is 15.9 Å². The van der Waals surface area contributed by atoms with E-state index in [2.05, 4.69) is 19.2 Å². The Balaban J connectivity index is 2.60. The van der Waals surface area contributed by atoms with E-state index in [9.17, 15) is 13.2 Å². The summed E-state index contributed by atoms with van der Waals surface area (Å²) in [6.07, 6.45) is 3.30. The van der Waals surface area contributed by atoms with Crippen molar-refractivity contribution in [3.8, 4) is 0 Å². The number of rotatable bonds is 4. The fourth-order valence-electron chi connectivity index (χ4n) is 2.64. The number of carbonyl (C=O) groups excluding carboxylic acids is 1. The lowest BCUT2D eigenvalue weighted by Gasteiger charge is -2.30. The van der Waals surface area contributed by atoms with Gasteiger partial charge in [-0.3, -0.25) is 0 Å². The number of likely N-dealkylation sites (tertiary alicyclic amines) is 1. The van der Waals surface area contributed by atoms with Crippen molar-refractivity contribution in [3.05, 3.63) is 0 Å². The van der Waals surface area contributed by atoms with Crippen molar-refractivity contribution in [1.29, 1.82) is 0 Å². The summed E-state index contributed by atoms with van der Waals surface area (Å²) in [6.45, 7) is 8.34. The van der Waals surface area contributed by atoms with Crippen LogP contribution in [0.3, 0.4) is 0 Å². The summed E-state index contributed by atoms with van der Waals surface area (Å²) in [6, 6.07) is -0.266. The third-order valence-corrected chi connectivity index (χ3v) is 5.82. The zero-order chi connectivity index (χ0) is 15.3. The van der Waals surface area contributed by atoms with E-state index in [1.165, 1.54) is 0 Å². The number of hydrogen-bond acceptors (Lipinski definition) is 3. The van der Waals surface area contributed by atoms with Crippen molar-refractivity contribution in [3.63, 3.8) is 0 Å². The predicted molar refractivity (Wildman–Crippen MR) is 81.5 cm³/mol. The molecule has 0 aromatic heterocycles. The molecule has 3 atom stereocenters. The first-order valence-corrected chi connectivity index (χ1v) is 9.35. The average Bonchev–Trinajstić information content (AvgIpc) is 2.50. The molecule has 1 N–H and O–H groups in total. The maximum Gasteiger partial charge on any atom is 0.317 e. The molecule has 0 aliphatic carbocycles. The maximum absolute atomic E-state index is 12.3. The first-order chi connectivity index (χ1) is 9.25. The molecule has 0 saturated carbocycles. The summed E-state index contributed by atoms with van der Waals surface area (Å²) < 4.78 is 23.1. The van der Waals surface area contributed by atoms with Crippen LogP contribution in [-0.2, 0) is 9.84 Å². The van der Waals surface area contributed by atoms with Gasteiger partial charge in [-0.05, 0) is 32.6 Å². The van der Waals surface area contributed by atoms with Gasteiger partial charge in [0.25, 0.3) is 0 Å². The Morgan fingerprint density at radius 1 is 1.35 bits per heavy atom. The first kappa shape index (κ1) is 17.3. The molecule has 1 aliphatic heterocycles. The third-order valence-electron chi connectivity index (χ3n) is 3.93. The minimum atomic E-state index is -3.06. The molecule has 1 rings (SSSR count). The van der Waals surface area contributed by atoms with E-state index >= 15 is 0 Å². The molecule has 1 saturated heterocycles. The van der Waals surface area contributed by atoms with Gasteiger partial charge >= 0.3 is 6.03 Å². The van der Waals surface area contributed by atoms with E-state index in [1.807, 2.05) is 4.90 Å². The molecule has 20 heavy (non-hydrogen) atoms. The summed E-state index contributed by atoms with van der Waals surface area (Å²) in [5, 5.41) is 2.83. The summed E-state index contributed by atoms with van der Waals surface area (Å²) in [4.78, 5) is 14.2. The van der Waals surface area contributed by atoms with Crippen molar-refractivity contribution in [2.45, 2.75) is 59.0 Å². The lowest BCUT2D eigenvalue weighted by Crippen LogP contribution is -2.50. The Kier molecular flexibility index (Phi) is 6.30. The number of urea groups is 1. The van der Waals surface area contributed by atoms with E-state index in [1.54, 1.807) is 13.8 Å². The van der Waals surface area contributed by atoms with Gasteiger partial charge in [-0.15, -0.1) is 0 Å². The Morgan fingerprint density at radius 3 is 2.60 bits per heavy atom. The van der Waals surface area contributed by atoms with Gasteiger partial charge in [0.1, 0.15) is 0 Å². The zero-order valence-electron chi connectivity index (χ0n) is 13.1. The number of amides is 2. The second-order valence-corrected chi connectivity index (χ2v) is 8.48. The number of sulfone groups is 1. The van der Waals surface area contributed by atoms with E-state index in [-0.39, 0.29) is 29.6 Å². The molecule has 3 unspecified atom stereocenters. The lowest BCUT2D eigenvalue weighted by molar-refractivity contribution is 0.171. The van der Waals surface area contributed by atoms with Crippen molar-refractivity contribution in [1.82, 2.24) is 10.2 Å². The molecular weight excluding hydrogens is 276 g/mol. The monoisotopic (exact) mass is 304 g/mol. The molecule has 118 valence electrons. The number of nitrogens with one attached hydrogen (secondary N) is 1. The van der Waals surface area contributed by atoms with Gasteiger partial charge in [0.15, 0.2) is 9.84 Å². The minimum Gasteiger partial charge on any atom is -0.335 e. The minimum absolute atomic E-state index is 0.00696. The Labute approximate surface area is 123 Å². The van der Waals surface area contributed by atoms with E-state index in [0.717, 1.165) is 25.8 Å². The highest BCUT2D eigenvalue weighted by atomic mass is 32.2. The Bertz CT molecular complexity index is 422. The predicted octanol–water partition coefficient (Wildman–Crippen LogP) is 2.03. The summed E-state index contributed by atoms with van der Waals surface area (Å²) in [5.41, 5.74) is 0.